The lowest BCUT2D eigenvalue weighted by Crippen LogP contribution is -2.24. The van der Waals surface area contributed by atoms with Gasteiger partial charge in [0.05, 0.1) is 0 Å². The van der Waals surface area contributed by atoms with Gasteiger partial charge in [0, 0.05) is 31.5 Å². The van der Waals surface area contributed by atoms with Gasteiger partial charge < -0.3 is 10.6 Å². The Labute approximate surface area is 117 Å². The molecule has 2 aromatic heterocycles. The summed E-state index contributed by atoms with van der Waals surface area (Å²) in [5.41, 5.74) is 1.40. The highest BCUT2D eigenvalue weighted by atomic mass is 16.1. The standard InChI is InChI=1S/C14H15N5O/c1-2-5-16-14(20)12-8-13(19-10-18-12)17-9-11-3-6-15-7-4-11/h2-4,6-8,10H,1,5,9H2,(H,16,20)(H,17,18,19). The van der Waals surface area contributed by atoms with E-state index in [1.54, 1.807) is 24.5 Å². The largest absolute Gasteiger partial charge is 0.366 e. The van der Waals surface area contributed by atoms with E-state index in [4.69, 9.17) is 0 Å². The lowest BCUT2D eigenvalue weighted by atomic mass is 10.2. The van der Waals surface area contributed by atoms with Crippen molar-refractivity contribution >= 4 is 11.7 Å². The molecule has 0 aliphatic heterocycles. The summed E-state index contributed by atoms with van der Waals surface area (Å²) in [5, 5.41) is 5.80. The van der Waals surface area contributed by atoms with Crippen LogP contribution in [0.5, 0.6) is 0 Å². The number of amides is 1. The van der Waals surface area contributed by atoms with Crippen LogP contribution in [0, 0.1) is 0 Å². The first-order valence-electron chi connectivity index (χ1n) is 6.13. The third-order valence-electron chi connectivity index (χ3n) is 2.53. The molecule has 1 amide bonds. The second-order valence-corrected chi connectivity index (χ2v) is 4.00. The van der Waals surface area contributed by atoms with Crippen LogP contribution in [0.3, 0.4) is 0 Å². The summed E-state index contributed by atoms with van der Waals surface area (Å²) >= 11 is 0. The van der Waals surface area contributed by atoms with Gasteiger partial charge in [-0.25, -0.2) is 9.97 Å². The van der Waals surface area contributed by atoms with E-state index >= 15 is 0 Å². The van der Waals surface area contributed by atoms with E-state index in [0.29, 0.717) is 24.6 Å². The average molecular weight is 269 g/mol. The Balaban J connectivity index is 1.99. The summed E-state index contributed by atoms with van der Waals surface area (Å²) in [6.07, 6.45) is 6.43. The van der Waals surface area contributed by atoms with E-state index in [1.165, 1.54) is 6.33 Å². The summed E-state index contributed by atoms with van der Waals surface area (Å²) in [7, 11) is 0. The molecule has 2 heterocycles. The van der Waals surface area contributed by atoms with Crippen molar-refractivity contribution in [2.75, 3.05) is 11.9 Å². The Morgan fingerprint density at radius 3 is 2.85 bits per heavy atom. The summed E-state index contributed by atoms with van der Waals surface area (Å²) in [6, 6.07) is 5.43. The highest BCUT2D eigenvalue weighted by molar-refractivity contribution is 5.92. The Kier molecular flexibility index (Phi) is 4.77. The molecule has 0 bridgehead atoms. The second kappa shape index (κ2) is 6.98. The normalized spacial score (nSPS) is 9.80. The number of rotatable bonds is 6. The van der Waals surface area contributed by atoms with Gasteiger partial charge in [0.2, 0.25) is 0 Å². The minimum atomic E-state index is -0.251. The van der Waals surface area contributed by atoms with Gasteiger partial charge in [0.25, 0.3) is 5.91 Å². The molecule has 0 fully saturated rings. The number of carbonyl (C=O) groups excluding carboxylic acids is 1. The maximum atomic E-state index is 11.7. The highest BCUT2D eigenvalue weighted by Crippen LogP contribution is 2.06. The average Bonchev–Trinajstić information content (AvgIpc) is 2.52. The predicted molar refractivity (Wildman–Crippen MR) is 76.1 cm³/mol. The van der Waals surface area contributed by atoms with Gasteiger partial charge in [-0.2, -0.15) is 0 Å². The van der Waals surface area contributed by atoms with Crippen molar-refractivity contribution in [2.24, 2.45) is 0 Å². The van der Waals surface area contributed by atoms with E-state index in [1.807, 2.05) is 12.1 Å². The van der Waals surface area contributed by atoms with E-state index in [0.717, 1.165) is 5.56 Å². The number of hydrogen-bond acceptors (Lipinski definition) is 5. The fraction of sp³-hybridized carbons (Fsp3) is 0.143. The van der Waals surface area contributed by atoms with E-state index in [9.17, 15) is 4.79 Å². The van der Waals surface area contributed by atoms with Gasteiger partial charge in [0.1, 0.15) is 17.8 Å². The Morgan fingerprint density at radius 2 is 2.10 bits per heavy atom. The fourth-order valence-electron chi connectivity index (χ4n) is 1.53. The third kappa shape index (κ3) is 3.88. The van der Waals surface area contributed by atoms with Crippen molar-refractivity contribution in [2.45, 2.75) is 6.54 Å². The number of nitrogens with one attached hydrogen (secondary N) is 2. The first-order valence-corrected chi connectivity index (χ1v) is 6.13. The van der Waals surface area contributed by atoms with Gasteiger partial charge in [0.15, 0.2) is 0 Å². The van der Waals surface area contributed by atoms with Crippen LogP contribution in [0.1, 0.15) is 16.1 Å². The van der Waals surface area contributed by atoms with Gasteiger partial charge in [-0.05, 0) is 17.7 Å². The lowest BCUT2D eigenvalue weighted by molar-refractivity contribution is 0.0953. The SMILES string of the molecule is C=CCNC(=O)c1cc(NCc2ccncc2)ncn1. The number of aromatic nitrogens is 3. The van der Waals surface area contributed by atoms with Crippen molar-refractivity contribution in [1.29, 1.82) is 0 Å². The van der Waals surface area contributed by atoms with Gasteiger partial charge >= 0.3 is 0 Å². The summed E-state index contributed by atoms with van der Waals surface area (Å²) in [4.78, 5) is 23.7. The van der Waals surface area contributed by atoms with Crippen molar-refractivity contribution in [3.05, 3.63) is 60.8 Å². The molecule has 0 radical (unpaired) electrons. The number of nitrogens with zero attached hydrogens (tertiary/aromatic N) is 3. The molecule has 0 atom stereocenters. The van der Waals surface area contributed by atoms with E-state index < -0.39 is 0 Å². The minimum Gasteiger partial charge on any atom is -0.366 e. The maximum absolute atomic E-state index is 11.7. The quantitative estimate of drug-likeness (QED) is 0.775. The molecule has 0 aromatic carbocycles. The van der Waals surface area contributed by atoms with E-state index in [2.05, 4.69) is 32.2 Å². The molecule has 0 aliphatic carbocycles. The molecule has 0 saturated carbocycles. The molecule has 6 nitrogen and oxygen atoms in total. The summed E-state index contributed by atoms with van der Waals surface area (Å²) < 4.78 is 0. The van der Waals surface area contributed by atoms with Crippen LogP contribution in [0.2, 0.25) is 0 Å². The molecule has 2 aromatic rings. The molecule has 6 heteroatoms. The molecule has 0 spiro atoms. The van der Waals surface area contributed by atoms with Crippen molar-refractivity contribution in [3.63, 3.8) is 0 Å². The molecule has 102 valence electrons. The zero-order valence-electron chi connectivity index (χ0n) is 10.9. The van der Waals surface area contributed by atoms with Gasteiger partial charge in [-0.1, -0.05) is 6.08 Å². The third-order valence-corrected chi connectivity index (χ3v) is 2.53. The zero-order chi connectivity index (χ0) is 14.2. The second-order valence-electron chi connectivity index (χ2n) is 4.00. The van der Waals surface area contributed by atoms with Crippen LogP contribution >= 0.6 is 0 Å². The lowest BCUT2D eigenvalue weighted by Gasteiger charge is -2.06. The Morgan fingerprint density at radius 1 is 1.30 bits per heavy atom. The van der Waals surface area contributed by atoms with Crippen LogP contribution in [0.15, 0.2) is 49.6 Å². The molecule has 0 aliphatic rings. The first kappa shape index (κ1) is 13.7. The highest BCUT2D eigenvalue weighted by Gasteiger charge is 2.07. The molecular weight excluding hydrogens is 254 g/mol. The van der Waals surface area contributed by atoms with Gasteiger partial charge in [-0.15, -0.1) is 6.58 Å². The van der Waals surface area contributed by atoms with Gasteiger partial charge in [-0.3, -0.25) is 9.78 Å². The van der Waals surface area contributed by atoms with Crippen LogP contribution in [0.4, 0.5) is 5.82 Å². The Bertz CT molecular complexity index is 585. The summed E-state index contributed by atoms with van der Waals surface area (Å²) in [5.74, 6) is 0.347. The van der Waals surface area contributed by atoms with Crippen LogP contribution in [-0.2, 0) is 6.54 Å². The molecule has 20 heavy (non-hydrogen) atoms. The fourth-order valence-corrected chi connectivity index (χ4v) is 1.53. The maximum Gasteiger partial charge on any atom is 0.270 e. The number of carbonyl (C=O) groups is 1. The molecule has 2 N–H and O–H groups in total. The van der Waals surface area contributed by atoms with Crippen molar-refractivity contribution in [1.82, 2.24) is 20.3 Å². The smallest absolute Gasteiger partial charge is 0.270 e. The van der Waals surface area contributed by atoms with Crippen molar-refractivity contribution < 1.29 is 4.79 Å². The summed E-state index contributed by atoms with van der Waals surface area (Å²) in [6.45, 7) is 4.55. The van der Waals surface area contributed by atoms with Crippen LogP contribution in [-0.4, -0.2) is 27.4 Å². The molecule has 2 rings (SSSR count). The zero-order valence-corrected chi connectivity index (χ0v) is 10.9. The van der Waals surface area contributed by atoms with Crippen LogP contribution < -0.4 is 10.6 Å². The van der Waals surface area contributed by atoms with E-state index in [-0.39, 0.29) is 5.91 Å². The number of hydrogen-bond donors (Lipinski definition) is 2. The molecule has 0 unspecified atom stereocenters. The predicted octanol–water partition coefficient (Wildman–Crippen LogP) is 1.40. The minimum absolute atomic E-state index is 0.251. The number of anilines is 1. The molecular formula is C14H15N5O. The number of pyridine rings is 1. The van der Waals surface area contributed by atoms with Crippen molar-refractivity contribution in [3.8, 4) is 0 Å². The first-order chi connectivity index (χ1) is 9.79. The van der Waals surface area contributed by atoms with Crippen LogP contribution in [0.25, 0.3) is 0 Å². The Hall–Kier alpha value is -2.76. The molecule has 0 saturated heterocycles. The monoisotopic (exact) mass is 269 g/mol. The topological polar surface area (TPSA) is 79.8 Å².